The molecule has 3 atom stereocenters. The molecule has 0 radical (unpaired) electrons. The normalized spacial score (nSPS) is 36.2. The molecule has 1 heterocycles. The molecule has 0 spiro atoms. The topological polar surface area (TPSA) is 38.9 Å². The second-order valence-electron chi connectivity index (χ2n) is 9.34. The van der Waals surface area contributed by atoms with Crippen LogP contribution in [0, 0.1) is 17.3 Å². The lowest BCUT2D eigenvalue weighted by atomic mass is 9.42. The number of benzene rings is 1. The first-order valence-electron chi connectivity index (χ1n) is 9.98. The number of halogens is 1. The molecule has 3 heteroatoms. The molecule has 3 unspecified atom stereocenters. The summed E-state index contributed by atoms with van der Waals surface area (Å²) in [5, 5.41) is 0.841. The average molecular weight is 367 g/mol. The Bertz CT molecular complexity index is 772. The van der Waals surface area contributed by atoms with Crippen LogP contribution in [-0.2, 0) is 5.41 Å². The molecule has 136 valence electrons. The van der Waals surface area contributed by atoms with Gasteiger partial charge < -0.3 is 5.73 Å². The van der Waals surface area contributed by atoms with E-state index in [9.17, 15) is 0 Å². The van der Waals surface area contributed by atoms with E-state index in [1.54, 1.807) is 0 Å². The van der Waals surface area contributed by atoms with E-state index < -0.39 is 0 Å². The van der Waals surface area contributed by atoms with E-state index >= 15 is 0 Å². The Morgan fingerprint density at radius 1 is 1.00 bits per heavy atom. The molecule has 1 aromatic carbocycles. The van der Waals surface area contributed by atoms with Crippen molar-refractivity contribution in [1.29, 1.82) is 0 Å². The summed E-state index contributed by atoms with van der Waals surface area (Å²) in [4.78, 5) is 4.15. The Balaban J connectivity index is 1.46. The lowest BCUT2D eigenvalue weighted by molar-refractivity contribution is -0.0791. The third-order valence-electron chi connectivity index (χ3n) is 7.43. The molecule has 4 fully saturated rings. The summed E-state index contributed by atoms with van der Waals surface area (Å²) in [6.07, 6.45) is 13.0. The second-order valence-corrected chi connectivity index (χ2v) is 9.78. The zero-order valence-electron chi connectivity index (χ0n) is 15.2. The fraction of sp³-hybridized carbons (Fsp3) is 0.522. The van der Waals surface area contributed by atoms with Crippen LogP contribution in [0.1, 0.15) is 62.1 Å². The number of nitrogens with zero attached hydrogens (tertiary/aromatic N) is 1. The lowest BCUT2D eigenvalue weighted by Crippen LogP contribution is -2.54. The van der Waals surface area contributed by atoms with Gasteiger partial charge in [0.05, 0.1) is 0 Å². The van der Waals surface area contributed by atoms with E-state index in [0.29, 0.717) is 10.8 Å². The van der Waals surface area contributed by atoms with Crippen LogP contribution in [0.2, 0.25) is 5.02 Å². The van der Waals surface area contributed by atoms with Crippen molar-refractivity contribution in [2.75, 3.05) is 0 Å². The molecule has 4 aliphatic rings. The van der Waals surface area contributed by atoms with Gasteiger partial charge in [-0.1, -0.05) is 23.7 Å². The highest BCUT2D eigenvalue weighted by atomic mass is 35.5. The molecule has 0 saturated heterocycles. The molecule has 2 N–H and O–H groups in total. The molecule has 0 aliphatic heterocycles. The lowest BCUT2D eigenvalue weighted by Gasteiger charge is -2.63. The smallest absolute Gasteiger partial charge is 0.0406 e. The van der Waals surface area contributed by atoms with Gasteiger partial charge in [-0.05, 0) is 103 Å². The first kappa shape index (κ1) is 16.8. The number of hydrogen-bond acceptors (Lipinski definition) is 2. The summed E-state index contributed by atoms with van der Waals surface area (Å²) >= 11 is 6.16. The molecular weight excluding hydrogens is 340 g/mol. The highest BCUT2D eigenvalue weighted by molar-refractivity contribution is 6.30. The van der Waals surface area contributed by atoms with E-state index in [4.69, 9.17) is 17.3 Å². The maximum absolute atomic E-state index is 6.67. The molecule has 6 rings (SSSR count). The van der Waals surface area contributed by atoms with Crippen LogP contribution in [-0.4, -0.2) is 4.98 Å². The van der Waals surface area contributed by atoms with E-state index in [2.05, 4.69) is 41.4 Å². The van der Waals surface area contributed by atoms with Crippen LogP contribution >= 0.6 is 11.6 Å². The highest BCUT2D eigenvalue weighted by Crippen LogP contribution is 2.67. The monoisotopic (exact) mass is 366 g/mol. The second kappa shape index (κ2) is 6.07. The summed E-state index contributed by atoms with van der Waals surface area (Å²) in [7, 11) is 0. The van der Waals surface area contributed by atoms with E-state index in [0.717, 1.165) is 23.3 Å². The summed E-state index contributed by atoms with van der Waals surface area (Å²) in [5.41, 5.74) is 10.2. The Kier molecular flexibility index (Phi) is 3.92. The van der Waals surface area contributed by atoms with Crippen LogP contribution in [0.4, 0.5) is 0 Å². The first-order valence-corrected chi connectivity index (χ1v) is 10.4. The average Bonchev–Trinajstić information content (AvgIpc) is 2.61. The van der Waals surface area contributed by atoms with Gasteiger partial charge in [-0.15, -0.1) is 0 Å². The molecule has 2 nitrogen and oxygen atoms in total. The summed E-state index contributed by atoms with van der Waals surface area (Å²) < 4.78 is 0. The van der Waals surface area contributed by atoms with Gasteiger partial charge in [0.15, 0.2) is 0 Å². The largest absolute Gasteiger partial charge is 0.324 e. The molecule has 26 heavy (non-hydrogen) atoms. The minimum Gasteiger partial charge on any atom is -0.324 e. The third kappa shape index (κ3) is 2.78. The molecule has 4 saturated carbocycles. The van der Waals surface area contributed by atoms with Crippen molar-refractivity contribution in [2.24, 2.45) is 23.0 Å². The van der Waals surface area contributed by atoms with Gasteiger partial charge in [-0.2, -0.15) is 0 Å². The Hall–Kier alpha value is -1.38. The molecule has 1 aromatic heterocycles. The van der Waals surface area contributed by atoms with Crippen molar-refractivity contribution in [1.82, 2.24) is 4.98 Å². The molecule has 4 bridgehead atoms. The van der Waals surface area contributed by atoms with Gasteiger partial charge in [0.1, 0.15) is 0 Å². The predicted octanol–water partition coefficient (Wildman–Crippen LogP) is 5.66. The Morgan fingerprint density at radius 3 is 2.31 bits per heavy atom. The quantitative estimate of drug-likeness (QED) is 0.757. The van der Waals surface area contributed by atoms with Gasteiger partial charge in [0.2, 0.25) is 0 Å². The predicted molar refractivity (Wildman–Crippen MR) is 106 cm³/mol. The Morgan fingerprint density at radius 2 is 1.65 bits per heavy atom. The van der Waals surface area contributed by atoms with Crippen LogP contribution in [0.5, 0.6) is 0 Å². The Labute approximate surface area is 161 Å². The molecule has 4 aliphatic carbocycles. The van der Waals surface area contributed by atoms with Gasteiger partial charge in [0, 0.05) is 23.5 Å². The number of nitrogens with two attached hydrogens (primary N) is 1. The summed E-state index contributed by atoms with van der Waals surface area (Å²) in [6.45, 7) is 0. The van der Waals surface area contributed by atoms with Gasteiger partial charge in [-0.25, -0.2) is 0 Å². The van der Waals surface area contributed by atoms with Gasteiger partial charge >= 0.3 is 0 Å². The summed E-state index contributed by atoms with van der Waals surface area (Å²) in [5.74, 6) is 1.74. The van der Waals surface area contributed by atoms with Crippen molar-refractivity contribution in [3.63, 3.8) is 0 Å². The molecule has 0 amide bonds. The highest BCUT2D eigenvalue weighted by Gasteiger charge is 2.58. The maximum Gasteiger partial charge on any atom is 0.0406 e. The summed E-state index contributed by atoms with van der Waals surface area (Å²) in [6, 6.07) is 13.0. The van der Waals surface area contributed by atoms with Gasteiger partial charge in [0.25, 0.3) is 0 Å². The van der Waals surface area contributed by atoms with Crippen LogP contribution in [0.3, 0.4) is 0 Å². The van der Waals surface area contributed by atoms with Crippen molar-refractivity contribution in [3.8, 4) is 0 Å². The van der Waals surface area contributed by atoms with Crippen molar-refractivity contribution >= 4 is 11.6 Å². The van der Waals surface area contributed by atoms with Gasteiger partial charge in [-0.3, -0.25) is 4.98 Å². The van der Waals surface area contributed by atoms with Crippen LogP contribution in [0.15, 0.2) is 48.8 Å². The zero-order valence-corrected chi connectivity index (χ0v) is 16.0. The standard InChI is InChI=1S/C23H27ClN2/c24-20-3-1-19(2-4-20)23-12-16-9-17(13-23)11-22(10-16,15-23)14-21(25)18-5-7-26-8-6-18/h1-8,16-17,21H,9-15,25H2. The fourth-order valence-electron chi connectivity index (χ4n) is 7.03. The number of pyridine rings is 1. The third-order valence-corrected chi connectivity index (χ3v) is 7.68. The molecule has 2 aromatic rings. The van der Waals surface area contributed by atoms with E-state index in [1.807, 2.05) is 12.4 Å². The number of hydrogen-bond donors (Lipinski definition) is 1. The van der Waals surface area contributed by atoms with Crippen LogP contribution in [0.25, 0.3) is 0 Å². The number of aromatic nitrogens is 1. The van der Waals surface area contributed by atoms with Crippen molar-refractivity contribution < 1.29 is 0 Å². The van der Waals surface area contributed by atoms with Crippen molar-refractivity contribution in [2.45, 2.75) is 56.4 Å². The maximum atomic E-state index is 6.67. The number of rotatable bonds is 4. The van der Waals surface area contributed by atoms with E-state index in [1.165, 1.54) is 49.7 Å². The van der Waals surface area contributed by atoms with Crippen molar-refractivity contribution in [3.05, 3.63) is 64.9 Å². The zero-order chi connectivity index (χ0) is 17.8. The fourth-order valence-corrected chi connectivity index (χ4v) is 7.15. The SMILES string of the molecule is NC(CC12CC3CC(C1)CC(c1ccc(Cl)cc1)(C3)C2)c1ccncc1. The minimum atomic E-state index is 0.122. The van der Waals surface area contributed by atoms with E-state index in [-0.39, 0.29) is 6.04 Å². The van der Waals surface area contributed by atoms with Crippen LogP contribution < -0.4 is 5.73 Å². The molecular formula is C23H27ClN2. The minimum absolute atomic E-state index is 0.122. The first-order chi connectivity index (χ1) is 12.6.